The Labute approximate surface area is 95.2 Å². The Balaban J connectivity index is 2.22. The summed E-state index contributed by atoms with van der Waals surface area (Å²) in [6.07, 6.45) is 3.53. The average molecular weight is 215 g/mol. The maximum Gasteiger partial charge on any atom is 0.0734 e. The molecule has 3 heteroatoms. The van der Waals surface area contributed by atoms with E-state index in [0.717, 1.165) is 6.42 Å². The number of nitrogens with zero attached hydrogens (tertiary/aromatic N) is 2. The first kappa shape index (κ1) is 9.85. The Morgan fingerprint density at radius 2 is 2.25 bits per heavy atom. The molecule has 2 aromatic rings. The van der Waals surface area contributed by atoms with E-state index in [1.54, 1.807) is 0 Å². The van der Waals surface area contributed by atoms with Gasteiger partial charge < -0.3 is 5.73 Å². The quantitative estimate of drug-likeness (QED) is 0.850. The second-order valence-corrected chi connectivity index (χ2v) is 4.64. The van der Waals surface area contributed by atoms with Gasteiger partial charge >= 0.3 is 0 Å². The summed E-state index contributed by atoms with van der Waals surface area (Å²) in [6.45, 7) is 0.697. The van der Waals surface area contributed by atoms with Crippen molar-refractivity contribution in [1.82, 2.24) is 9.78 Å². The molecule has 1 aromatic heterocycles. The topological polar surface area (TPSA) is 43.8 Å². The molecule has 1 heterocycles. The number of hydrogen-bond acceptors (Lipinski definition) is 2. The number of hydrogen-bond donors (Lipinski definition) is 1. The van der Waals surface area contributed by atoms with Crippen molar-refractivity contribution in [2.45, 2.75) is 25.2 Å². The summed E-state index contributed by atoms with van der Waals surface area (Å²) < 4.78 is 2.02. The molecule has 1 aliphatic carbocycles. The zero-order chi connectivity index (χ0) is 11.1. The summed E-state index contributed by atoms with van der Waals surface area (Å²) >= 11 is 0. The monoisotopic (exact) mass is 215 g/mol. The highest BCUT2D eigenvalue weighted by Gasteiger charge is 2.28. The minimum Gasteiger partial charge on any atom is -0.330 e. The van der Waals surface area contributed by atoms with Crippen molar-refractivity contribution in [2.75, 3.05) is 6.54 Å². The van der Waals surface area contributed by atoms with Gasteiger partial charge in [-0.1, -0.05) is 18.2 Å². The molecule has 0 spiro atoms. The van der Waals surface area contributed by atoms with Crippen LogP contribution in [-0.2, 0) is 13.5 Å². The summed E-state index contributed by atoms with van der Waals surface area (Å²) in [5, 5.41) is 6.00. The molecule has 0 unspecified atom stereocenters. The normalized spacial score (nSPS) is 15.9. The van der Waals surface area contributed by atoms with E-state index in [1.165, 1.54) is 35.0 Å². The molecule has 84 valence electrons. The van der Waals surface area contributed by atoms with Crippen molar-refractivity contribution < 1.29 is 0 Å². The standard InChI is InChI=1S/C13H17N3/c1-16-13-10(7-8-14)3-2-4-11(13)12(15-16)9-5-6-9/h2-4,9H,5-8,14H2,1H3. The van der Waals surface area contributed by atoms with Gasteiger partial charge in [0.15, 0.2) is 0 Å². The second kappa shape index (κ2) is 3.59. The lowest BCUT2D eigenvalue weighted by Gasteiger charge is -2.02. The van der Waals surface area contributed by atoms with Crippen LogP contribution < -0.4 is 5.73 Å². The van der Waals surface area contributed by atoms with E-state index in [-0.39, 0.29) is 0 Å². The fourth-order valence-corrected chi connectivity index (χ4v) is 2.46. The predicted molar refractivity (Wildman–Crippen MR) is 65.4 cm³/mol. The summed E-state index contributed by atoms with van der Waals surface area (Å²) in [5.74, 6) is 0.705. The first-order chi connectivity index (χ1) is 7.81. The lowest BCUT2D eigenvalue weighted by Crippen LogP contribution is -2.04. The van der Waals surface area contributed by atoms with Crippen molar-refractivity contribution in [3.05, 3.63) is 29.5 Å². The van der Waals surface area contributed by atoms with E-state index in [1.807, 2.05) is 11.7 Å². The highest BCUT2D eigenvalue weighted by molar-refractivity contribution is 5.85. The van der Waals surface area contributed by atoms with Crippen LogP contribution in [0.4, 0.5) is 0 Å². The molecule has 0 atom stereocenters. The first-order valence-electron chi connectivity index (χ1n) is 5.96. The van der Waals surface area contributed by atoms with Gasteiger partial charge in [-0.05, 0) is 31.4 Å². The first-order valence-corrected chi connectivity index (χ1v) is 5.96. The molecule has 3 rings (SSSR count). The molecule has 1 saturated carbocycles. The summed E-state index contributed by atoms with van der Waals surface area (Å²) in [5.41, 5.74) is 9.53. The molecule has 0 radical (unpaired) electrons. The maximum atomic E-state index is 5.65. The molecular formula is C13H17N3. The van der Waals surface area contributed by atoms with E-state index in [0.29, 0.717) is 12.5 Å². The van der Waals surface area contributed by atoms with Crippen molar-refractivity contribution in [3.8, 4) is 0 Å². The molecule has 1 fully saturated rings. The van der Waals surface area contributed by atoms with Gasteiger partial charge in [0.2, 0.25) is 0 Å². The molecule has 16 heavy (non-hydrogen) atoms. The highest BCUT2D eigenvalue weighted by Crippen LogP contribution is 2.42. The van der Waals surface area contributed by atoms with E-state index >= 15 is 0 Å². The summed E-state index contributed by atoms with van der Waals surface area (Å²) in [6, 6.07) is 6.48. The second-order valence-electron chi connectivity index (χ2n) is 4.64. The summed E-state index contributed by atoms with van der Waals surface area (Å²) in [4.78, 5) is 0. The maximum absolute atomic E-state index is 5.65. The van der Waals surface area contributed by atoms with Crippen LogP contribution >= 0.6 is 0 Å². The fourth-order valence-electron chi connectivity index (χ4n) is 2.46. The third-order valence-electron chi connectivity index (χ3n) is 3.35. The molecule has 1 aromatic carbocycles. The number of fused-ring (bicyclic) bond motifs is 1. The van der Waals surface area contributed by atoms with Gasteiger partial charge in [-0.15, -0.1) is 0 Å². The number of nitrogens with two attached hydrogens (primary N) is 1. The minimum atomic E-state index is 0.697. The number of aromatic nitrogens is 2. The van der Waals surface area contributed by atoms with E-state index in [9.17, 15) is 0 Å². The third kappa shape index (κ3) is 1.43. The summed E-state index contributed by atoms with van der Waals surface area (Å²) in [7, 11) is 2.04. The molecule has 0 amide bonds. The molecule has 2 N–H and O–H groups in total. The Morgan fingerprint density at radius 3 is 2.94 bits per heavy atom. The largest absolute Gasteiger partial charge is 0.330 e. The number of rotatable bonds is 3. The van der Waals surface area contributed by atoms with Gasteiger partial charge in [-0.25, -0.2) is 0 Å². The van der Waals surface area contributed by atoms with Gasteiger partial charge in [-0.3, -0.25) is 4.68 Å². The number of benzene rings is 1. The molecule has 1 aliphatic rings. The lowest BCUT2D eigenvalue weighted by molar-refractivity contribution is 0.762. The van der Waals surface area contributed by atoms with Gasteiger partial charge in [0.05, 0.1) is 11.2 Å². The van der Waals surface area contributed by atoms with Gasteiger partial charge in [0, 0.05) is 18.4 Å². The fraction of sp³-hybridized carbons (Fsp3) is 0.462. The van der Waals surface area contributed by atoms with Crippen LogP contribution in [0.25, 0.3) is 10.9 Å². The lowest BCUT2D eigenvalue weighted by atomic mass is 10.1. The van der Waals surface area contributed by atoms with Gasteiger partial charge in [0.25, 0.3) is 0 Å². The van der Waals surface area contributed by atoms with Crippen LogP contribution in [-0.4, -0.2) is 16.3 Å². The van der Waals surface area contributed by atoms with Crippen LogP contribution in [0.5, 0.6) is 0 Å². The number of aryl methyl sites for hydroxylation is 1. The zero-order valence-corrected chi connectivity index (χ0v) is 9.61. The van der Waals surface area contributed by atoms with E-state index in [2.05, 4.69) is 23.3 Å². The van der Waals surface area contributed by atoms with Gasteiger partial charge in [-0.2, -0.15) is 5.10 Å². The molecular weight excluding hydrogens is 198 g/mol. The van der Waals surface area contributed by atoms with E-state index < -0.39 is 0 Å². The van der Waals surface area contributed by atoms with Crippen molar-refractivity contribution in [1.29, 1.82) is 0 Å². The van der Waals surface area contributed by atoms with Crippen LogP contribution in [0, 0.1) is 0 Å². The van der Waals surface area contributed by atoms with Crippen molar-refractivity contribution >= 4 is 10.9 Å². The smallest absolute Gasteiger partial charge is 0.0734 e. The van der Waals surface area contributed by atoms with Crippen molar-refractivity contribution in [3.63, 3.8) is 0 Å². The Morgan fingerprint density at radius 1 is 1.44 bits per heavy atom. The molecule has 3 nitrogen and oxygen atoms in total. The predicted octanol–water partition coefficient (Wildman–Crippen LogP) is 1.95. The molecule has 0 bridgehead atoms. The van der Waals surface area contributed by atoms with Gasteiger partial charge in [0.1, 0.15) is 0 Å². The third-order valence-corrected chi connectivity index (χ3v) is 3.35. The zero-order valence-electron chi connectivity index (χ0n) is 9.61. The SMILES string of the molecule is Cn1nc(C2CC2)c2cccc(CCN)c21. The Bertz CT molecular complexity index is 523. The van der Waals surface area contributed by atoms with Crippen LogP contribution in [0.1, 0.15) is 30.0 Å². The Hall–Kier alpha value is -1.35. The Kier molecular flexibility index (Phi) is 2.21. The van der Waals surface area contributed by atoms with E-state index in [4.69, 9.17) is 5.73 Å². The molecule has 0 aliphatic heterocycles. The van der Waals surface area contributed by atoms with Crippen LogP contribution in [0.15, 0.2) is 18.2 Å². The average Bonchev–Trinajstić information content (AvgIpc) is 3.05. The molecule has 0 saturated heterocycles. The van der Waals surface area contributed by atoms with Crippen molar-refractivity contribution in [2.24, 2.45) is 12.8 Å². The minimum absolute atomic E-state index is 0.697. The van der Waals surface area contributed by atoms with Crippen LogP contribution in [0.3, 0.4) is 0 Å². The van der Waals surface area contributed by atoms with Crippen LogP contribution in [0.2, 0.25) is 0 Å². The number of para-hydroxylation sites is 1. The highest BCUT2D eigenvalue weighted by atomic mass is 15.3.